The molecule has 6 nitrogen and oxygen atoms in total. The van der Waals surface area contributed by atoms with Crippen molar-refractivity contribution in [2.24, 2.45) is 0 Å². The molecule has 0 fully saturated rings. The molecule has 0 rings (SSSR count). The van der Waals surface area contributed by atoms with Gasteiger partial charge in [-0.3, -0.25) is 14.4 Å². The van der Waals surface area contributed by atoms with Crippen LogP contribution in [0.25, 0.3) is 0 Å². The molecular weight excluding hydrogens is 913 g/mol. The topological polar surface area (TPSA) is 78.9 Å². The summed E-state index contributed by atoms with van der Waals surface area (Å²) in [6.45, 7) is 6.35. The maximum atomic E-state index is 12.8. The van der Waals surface area contributed by atoms with E-state index in [9.17, 15) is 14.4 Å². The van der Waals surface area contributed by atoms with E-state index in [-0.39, 0.29) is 37.5 Å². The van der Waals surface area contributed by atoms with Gasteiger partial charge in [-0.2, -0.15) is 0 Å². The highest BCUT2D eigenvalue weighted by atomic mass is 16.6. The average Bonchev–Trinajstić information content (AvgIpc) is 3.40. The normalized spacial score (nSPS) is 13.0. The van der Waals surface area contributed by atoms with Crippen LogP contribution in [0.2, 0.25) is 0 Å². The van der Waals surface area contributed by atoms with Crippen molar-refractivity contribution in [1.29, 1.82) is 0 Å². The number of unbranched alkanes of at least 4 members (excludes halogenated alkanes) is 23. The Kier molecular flexibility index (Phi) is 57.9. The average molecular weight is 1030 g/mol. The molecule has 0 aliphatic rings. The summed E-state index contributed by atoms with van der Waals surface area (Å²) >= 11 is 0. The quantitative estimate of drug-likeness (QED) is 0.0261. The van der Waals surface area contributed by atoms with Crippen molar-refractivity contribution in [3.8, 4) is 0 Å². The van der Waals surface area contributed by atoms with Crippen molar-refractivity contribution in [3.05, 3.63) is 122 Å². The third-order valence-corrected chi connectivity index (χ3v) is 12.7. The minimum Gasteiger partial charge on any atom is -0.462 e. The summed E-state index contributed by atoms with van der Waals surface area (Å²) in [6.07, 6.45) is 85.2. The molecule has 0 aromatic carbocycles. The van der Waals surface area contributed by atoms with E-state index >= 15 is 0 Å². The van der Waals surface area contributed by atoms with Crippen LogP contribution in [-0.4, -0.2) is 37.2 Å². The summed E-state index contributed by atoms with van der Waals surface area (Å²) in [5.74, 6) is -0.940. The molecule has 0 aliphatic carbocycles. The third-order valence-electron chi connectivity index (χ3n) is 12.7. The number of esters is 3. The Labute approximate surface area is 456 Å². The second-order valence-corrected chi connectivity index (χ2v) is 19.9. The van der Waals surface area contributed by atoms with Gasteiger partial charge in [-0.15, -0.1) is 0 Å². The van der Waals surface area contributed by atoms with E-state index < -0.39 is 6.10 Å². The lowest BCUT2D eigenvalue weighted by Gasteiger charge is -2.18. The summed E-state index contributed by atoms with van der Waals surface area (Å²) < 4.78 is 16.8. The molecule has 0 amide bonds. The van der Waals surface area contributed by atoms with Crippen LogP contribution in [0, 0.1) is 0 Å². The first-order valence-corrected chi connectivity index (χ1v) is 30.5. The first-order chi connectivity index (χ1) is 36.5. The van der Waals surface area contributed by atoms with Crippen LogP contribution in [-0.2, 0) is 28.6 Å². The molecule has 0 radical (unpaired) electrons. The highest BCUT2D eigenvalue weighted by Gasteiger charge is 2.19. The predicted molar refractivity (Wildman–Crippen MR) is 320 cm³/mol. The highest BCUT2D eigenvalue weighted by molar-refractivity contribution is 5.71. The second-order valence-electron chi connectivity index (χ2n) is 19.9. The number of hydrogen-bond acceptors (Lipinski definition) is 6. The van der Waals surface area contributed by atoms with E-state index in [4.69, 9.17) is 14.2 Å². The van der Waals surface area contributed by atoms with Gasteiger partial charge in [-0.1, -0.05) is 264 Å². The van der Waals surface area contributed by atoms with Crippen LogP contribution in [0.5, 0.6) is 0 Å². The molecule has 1 atom stereocenters. The molecule has 1 unspecified atom stereocenters. The zero-order valence-corrected chi connectivity index (χ0v) is 48.1. The van der Waals surface area contributed by atoms with Crippen molar-refractivity contribution in [2.75, 3.05) is 13.2 Å². The van der Waals surface area contributed by atoms with Crippen LogP contribution < -0.4 is 0 Å². The monoisotopic (exact) mass is 1020 g/mol. The molecule has 0 saturated heterocycles. The number of allylic oxidation sites excluding steroid dienone is 20. The molecule has 0 saturated carbocycles. The lowest BCUT2D eigenvalue weighted by molar-refractivity contribution is -0.167. The minimum atomic E-state index is -0.798. The summed E-state index contributed by atoms with van der Waals surface area (Å²) in [5.41, 5.74) is 0. The van der Waals surface area contributed by atoms with Crippen molar-refractivity contribution in [2.45, 2.75) is 277 Å². The molecule has 0 aromatic heterocycles. The van der Waals surface area contributed by atoms with Gasteiger partial charge in [0.05, 0.1) is 0 Å². The summed E-state index contributed by atoms with van der Waals surface area (Å²) in [4.78, 5) is 38.0. The first-order valence-electron chi connectivity index (χ1n) is 30.5. The smallest absolute Gasteiger partial charge is 0.306 e. The Morgan fingerprint density at radius 1 is 0.284 bits per heavy atom. The maximum Gasteiger partial charge on any atom is 0.306 e. The molecule has 0 aliphatic heterocycles. The van der Waals surface area contributed by atoms with E-state index in [0.29, 0.717) is 19.3 Å². The van der Waals surface area contributed by atoms with Gasteiger partial charge in [0, 0.05) is 19.3 Å². The summed E-state index contributed by atoms with van der Waals surface area (Å²) in [7, 11) is 0. The Bertz CT molecular complexity index is 1550. The van der Waals surface area contributed by atoms with Crippen molar-refractivity contribution in [1.82, 2.24) is 0 Å². The van der Waals surface area contributed by atoms with Crippen molar-refractivity contribution < 1.29 is 28.6 Å². The van der Waals surface area contributed by atoms with Crippen molar-refractivity contribution in [3.63, 3.8) is 0 Å². The molecule has 0 spiro atoms. The summed E-state index contributed by atoms with van der Waals surface area (Å²) in [5, 5.41) is 0. The lowest BCUT2D eigenvalue weighted by Crippen LogP contribution is -2.30. The SMILES string of the molecule is CC/C=C\C/C=C\C/C=C\C/C=C\C/C=C\C/C=C\CCCCCCCCCCCCCCCCC(=O)OCC(COC(=O)CCCCCCCCCC)OC(=O)CCCC/C=C\C/C=C\C/C=C\C/C=C\CC. The number of rotatable bonds is 54. The standard InChI is InChI=1S/C68H112O6/c1-4-7-10-13-16-19-21-23-25-26-27-28-29-30-31-32-33-34-35-36-37-38-39-40-41-42-44-45-47-49-52-55-58-61-67(70)73-64-65(63-72-66(69)60-57-54-51-18-15-12-9-6-3)74-68(71)62-59-56-53-50-48-46-43-24-22-20-17-14-11-8-5-2/h7-8,10-11,16-17,19-20,23-25,27-28,30-31,33-34,43,48,50,65H,4-6,9,12-15,18,21-22,26,29,32,35-42,44-47,49,51-64H2,1-3H3/b10-7-,11-8-,19-16-,20-17-,25-23-,28-27-,31-30-,34-33-,43-24-,50-48-. The van der Waals surface area contributed by atoms with Crippen LogP contribution in [0.4, 0.5) is 0 Å². The molecule has 0 aromatic rings. The van der Waals surface area contributed by atoms with Crippen LogP contribution in [0.15, 0.2) is 122 Å². The third kappa shape index (κ3) is 58.7. The van der Waals surface area contributed by atoms with Gasteiger partial charge < -0.3 is 14.2 Å². The Morgan fingerprint density at radius 2 is 0.527 bits per heavy atom. The van der Waals surface area contributed by atoms with E-state index in [1.54, 1.807) is 0 Å². The molecule has 0 heterocycles. The first kappa shape index (κ1) is 69.8. The van der Waals surface area contributed by atoms with Gasteiger partial charge in [0.15, 0.2) is 6.10 Å². The summed E-state index contributed by atoms with van der Waals surface area (Å²) in [6, 6.07) is 0. The fourth-order valence-electron chi connectivity index (χ4n) is 8.20. The molecule has 74 heavy (non-hydrogen) atoms. The van der Waals surface area contributed by atoms with Gasteiger partial charge in [0.1, 0.15) is 13.2 Å². The van der Waals surface area contributed by atoms with Gasteiger partial charge >= 0.3 is 17.9 Å². The van der Waals surface area contributed by atoms with E-state index in [1.165, 1.54) is 109 Å². The number of hydrogen-bond donors (Lipinski definition) is 0. The molecular formula is C68H112O6. The number of ether oxygens (including phenoxy) is 3. The second kappa shape index (κ2) is 61.4. The molecule has 0 N–H and O–H groups in total. The van der Waals surface area contributed by atoms with E-state index in [0.717, 1.165) is 116 Å². The molecule has 420 valence electrons. The fourth-order valence-corrected chi connectivity index (χ4v) is 8.20. The van der Waals surface area contributed by atoms with Gasteiger partial charge in [0.2, 0.25) is 0 Å². The number of carbonyl (C=O) groups excluding carboxylic acids is 3. The predicted octanol–water partition coefficient (Wildman–Crippen LogP) is 20.8. The van der Waals surface area contributed by atoms with Crippen molar-refractivity contribution >= 4 is 17.9 Å². The van der Waals surface area contributed by atoms with E-state index in [1.807, 2.05) is 0 Å². The number of carbonyl (C=O) groups is 3. The lowest BCUT2D eigenvalue weighted by atomic mass is 10.0. The van der Waals surface area contributed by atoms with Crippen LogP contribution >= 0.6 is 0 Å². The maximum absolute atomic E-state index is 12.8. The van der Waals surface area contributed by atoms with Crippen LogP contribution in [0.1, 0.15) is 271 Å². The zero-order valence-electron chi connectivity index (χ0n) is 48.1. The minimum absolute atomic E-state index is 0.0941. The molecule has 0 bridgehead atoms. The van der Waals surface area contributed by atoms with E-state index in [2.05, 4.69) is 142 Å². The Morgan fingerprint density at radius 3 is 0.851 bits per heavy atom. The van der Waals surface area contributed by atoms with Gasteiger partial charge in [-0.25, -0.2) is 0 Å². The Hall–Kier alpha value is -4.19. The van der Waals surface area contributed by atoms with Crippen LogP contribution in [0.3, 0.4) is 0 Å². The largest absolute Gasteiger partial charge is 0.462 e. The van der Waals surface area contributed by atoms with Gasteiger partial charge in [-0.05, 0) is 109 Å². The highest BCUT2D eigenvalue weighted by Crippen LogP contribution is 2.15. The van der Waals surface area contributed by atoms with Gasteiger partial charge in [0.25, 0.3) is 0 Å². The fraction of sp³-hybridized carbons (Fsp3) is 0.662. The molecule has 6 heteroatoms. The zero-order chi connectivity index (χ0) is 53.6. The Balaban J connectivity index is 4.12.